The largest absolute Gasteiger partial charge is 0.455 e. The van der Waals surface area contributed by atoms with Gasteiger partial charge in [0.1, 0.15) is 11.2 Å². The first-order valence-corrected chi connectivity index (χ1v) is 23.7. The van der Waals surface area contributed by atoms with Gasteiger partial charge in [0.25, 0.3) is 0 Å². The Morgan fingerprint density at radius 3 is 1.54 bits per heavy atom. The molecule has 0 amide bonds. The lowest BCUT2D eigenvalue weighted by Crippen LogP contribution is -2.09. The third kappa shape index (κ3) is 6.02. The number of fused-ring (bicyclic) bond motifs is 11. The highest BCUT2D eigenvalue weighted by Gasteiger charge is 2.23. The lowest BCUT2D eigenvalue weighted by atomic mass is 9.83. The van der Waals surface area contributed by atoms with Crippen LogP contribution in [0.2, 0.25) is 0 Å². The van der Waals surface area contributed by atoms with Crippen molar-refractivity contribution in [1.82, 2.24) is 0 Å². The number of benzene rings is 12. The summed E-state index contributed by atoms with van der Waals surface area (Å²) in [5.41, 5.74) is 12.4. The van der Waals surface area contributed by atoms with Crippen molar-refractivity contribution in [3.63, 3.8) is 0 Å². The Kier molecular flexibility index (Phi) is 8.49. The average molecular weight is 870 g/mol. The molecule has 0 aliphatic carbocycles. The molecule has 0 unspecified atom stereocenters. The fourth-order valence-electron chi connectivity index (χ4n) is 10.7. The zero-order chi connectivity index (χ0) is 44.0. The Labute approximate surface area is 390 Å². The van der Waals surface area contributed by atoms with Crippen LogP contribution >= 0.6 is 11.3 Å². The molecule has 0 fully saturated rings. The normalized spacial score (nSPS) is 11.9. The highest BCUT2D eigenvalue weighted by atomic mass is 32.1. The summed E-state index contributed by atoms with van der Waals surface area (Å²) in [6, 6.07) is 86.8. The van der Waals surface area contributed by atoms with Crippen molar-refractivity contribution >= 4 is 114 Å². The van der Waals surface area contributed by atoms with Gasteiger partial charge in [-0.2, -0.15) is 0 Å². The summed E-state index contributed by atoms with van der Waals surface area (Å²) in [6.45, 7) is 0. The van der Waals surface area contributed by atoms with Crippen LogP contribution in [0, 0.1) is 0 Å². The van der Waals surface area contributed by atoms with Crippen LogP contribution < -0.4 is 4.90 Å². The van der Waals surface area contributed by atoms with E-state index in [1.54, 1.807) is 0 Å². The average Bonchev–Trinajstić information content (AvgIpc) is 3.97. The van der Waals surface area contributed by atoms with Gasteiger partial charge in [-0.05, 0) is 144 Å². The first-order valence-electron chi connectivity index (χ1n) is 22.9. The van der Waals surface area contributed by atoms with Crippen molar-refractivity contribution in [3.05, 3.63) is 237 Å². The summed E-state index contributed by atoms with van der Waals surface area (Å²) in [7, 11) is 0. The Morgan fingerprint density at radius 2 is 0.866 bits per heavy atom. The van der Waals surface area contributed by atoms with E-state index in [2.05, 4.69) is 241 Å². The van der Waals surface area contributed by atoms with Crippen molar-refractivity contribution in [1.29, 1.82) is 0 Å². The van der Waals surface area contributed by atoms with Crippen LogP contribution in [0.4, 0.5) is 17.1 Å². The summed E-state index contributed by atoms with van der Waals surface area (Å²) in [5.74, 6) is 0. The van der Waals surface area contributed by atoms with E-state index in [-0.39, 0.29) is 0 Å². The molecule has 3 heteroatoms. The number of para-hydroxylation sites is 3. The topological polar surface area (TPSA) is 16.4 Å². The van der Waals surface area contributed by atoms with E-state index in [4.69, 9.17) is 4.42 Å². The third-order valence-electron chi connectivity index (χ3n) is 13.8. The van der Waals surface area contributed by atoms with Crippen LogP contribution in [0.3, 0.4) is 0 Å². The number of nitrogens with zero attached hydrogens (tertiary/aromatic N) is 1. The number of hydrogen-bond acceptors (Lipinski definition) is 3. The van der Waals surface area contributed by atoms with Crippen LogP contribution in [0.1, 0.15) is 0 Å². The molecule has 0 bridgehead atoms. The van der Waals surface area contributed by atoms with Crippen LogP contribution in [-0.2, 0) is 0 Å². The molecule has 0 aliphatic rings. The number of hydrogen-bond donors (Lipinski definition) is 0. The molecule has 2 nitrogen and oxygen atoms in total. The molecule has 2 aromatic heterocycles. The molecule has 2 heterocycles. The maximum Gasteiger partial charge on any atom is 0.144 e. The van der Waals surface area contributed by atoms with E-state index in [9.17, 15) is 0 Å². The molecule has 0 radical (unpaired) electrons. The Balaban J connectivity index is 1.12. The molecular weight excluding hydrogens is 831 g/mol. The van der Waals surface area contributed by atoms with Crippen LogP contribution in [0.15, 0.2) is 241 Å². The van der Waals surface area contributed by atoms with Gasteiger partial charge >= 0.3 is 0 Å². The summed E-state index contributed by atoms with van der Waals surface area (Å²) in [4.78, 5) is 2.37. The van der Waals surface area contributed by atoms with Gasteiger partial charge in [-0.3, -0.25) is 0 Å². The van der Waals surface area contributed by atoms with Crippen molar-refractivity contribution in [2.24, 2.45) is 0 Å². The summed E-state index contributed by atoms with van der Waals surface area (Å²) >= 11 is 1.85. The highest BCUT2D eigenvalue weighted by Crippen LogP contribution is 2.51. The zero-order valence-corrected chi connectivity index (χ0v) is 37.1. The maximum atomic E-state index is 6.73. The second-order valence-electron chi connectivity index (χ2n) is 17.6. The van der Waals surface area contributed by atoms with Gasteiger partial charge in [-0.1, -0.05) is 164 Å². The SMILES string of the molecule is c1ccc(N(c2ccccc2)c2ccc3c(-c4ccc5ccccc5c4)c4cc(-c5cc6c7ccccc7oc6c6c5sc5ccccc56)ccc4c(-c4ccc5ccccc5c4)c3c2)cc1. The van der Waals surface area contributed by atoms with E-state index in [1.807, 2.05) is 11.3 Å². The first-order chi connectivity index (χ1) is 33.2. The number of rotatable bonds is 6. The van der Waals surface area contributed by atoms with E-state index in [0.29, 0.717) is 0 Å². The summed E-state index contributed by atoms with van der Waals surface area (Å²) in [5, 5.41) is 14.4. The molecule has 0 spiro atoms. The number of anilines is 3. The fraction of sp³-hybridized carbons (Fsp3) is 0. The number of furan rings is 1. The van der Waals surface area contributed by atoms with Gasteiger partial charge in [-0.15, -0.1) is 11.3 Å². The maximum absolute atomic E-state index is 6.73. The van der Waals surface area contributed by atoms with Crippen molar-refractivity contribution in [2.75, 3.05) is 4.90 Å². The molecule has 0 atom stereocenters. The molecule has 14 aromatic rings. The van der Waals surface area contributed by atoms with Gasteiger partial charge in [0.05, 0.1) is 0 Å². The van der Waals surface area contributed by atoms with Gasteiger partial charge in [-0.25, -0.2) is 0 Å². The molecule has 0 saturated heterocycles. The monoisotopic (exact) mass is 869 g/mol. The fourth-order valence-corrected chi connectivity index (χ4v) is 12.0. The van der Waals surface area contributed by atoms with Crippen LogP contribution in [0.25, 0.3) is 119 Å². The standard InChI is InChI=1S/C64H39NOS/c1-3-19-47(20-4-1)65(48-21-5-2-6-22-48)49-32-34-52-56(38-49)61(46-30-28-41-16-8-10-18-43(41)36-46)51-33-31-44(37-55(51)60(52)45-29-27-40-15-7-9-17-42(40)35-45)54-39-57-50-23-11-13-25-58(50)66-63(57)62-53-24-12-14-26-59(53)67-64(54)62/h1-39H. The molecule has 0 saturated carbocycles. The summed E-state index contributed by atoms with van der Waals surface area (Å²) < 4.78 is 9.23. The zero-order valence-electron chi connectivity index (χ0n) is 36.3. The van der Waals surface area contributed by atoms with Crippen molar-refractivity contribution in [3.8, 4) is 33.4 Å². The quantitative estimate of drug-likeness (QED) is 0.155. The second kappa shape index (κ2) is 15.0. The van der Waals surface area contributed by atoms with E-state index in [1.165, 1.54) is 96.6 Å². The minimum Gasteiger partial charge on any atom is -0.455 e. The third-order valence-corrected chi connectivity index (χ3v) is 15.0. The van der Waals surface area contributed by atoms with Gasteiger partial charge < -0.3 is 9.32 Å². The molecule has 0 N–H and O–H groups in total. The molecule has 312 valence electrons. The Hall–Kier alpha value is -8.50. The number of thiophene rings is 1. The Morgan fingerprint density at radius 1 is 0.328 bits per heavy atom. The molecule has 0 aliphatic heterocycles. The highest BCUT2D eigenvalue weighted by molar-refractivity contribution is 7.26. The summed E-state index contributed by atoms with van der Waals surface area (Å²) in [6.07, 6.45) is 0. The lowest BCUT2D eigenvalue weighted by molar-refractivity contribution is 0.673. The van der Waals surface area contributed by atoms with Crippen molar-refractivity contribution < 1.29 is 4.42 Å². The van der Waals surface area contributed by atoms with E-state index >= 15 is 0 Å². The molecule has 67 heavy (non-hydrogen) atoms. The first kappa shape index (κ1) is 37.8. The van der Waals surface area contributed by atoms with Gasteiger partial charge in [0.15, 0.2) is 0 Å². The van der Waals surface area contributed by atoms with Gasteiger partial charge in [0.2, 0.25) is 0 Å². The van der Waals surface area contributed by atoms with Crippen molar-refractivity contribution in [2.45, 2.75) is 0 Å². The van der Waals surface area contributed by atoms with Crippen LogP contribution in [-0.4, -0.2) is 0 Å². The molecule has 14 rings (SSSR count). The smallest absolute Gasteiger partial charge is 0.144 e. The Bertz CT molecular complexity index is 4240. The predicted molar refractivity (Wildman–Crippen MR) is 288 cm³/mol. The minimum atomic E-state index is 0.910. The lowest BCUT2D eigenvalue weighted by Gasteiger charge is -2.27. The van der Waals surface area contributed by atoms with E-state index in [0.717, 1.165) is 39.0 Å². The van der Waals surface area contributed by atoms with E-state index < -0.39 is 0 Å². The second-order valence-corrected chi connectivity index (χ2v) is 18.6. The molecule has 12 aromatic carbocycles. The molecular formula is C64H39NOS. The predicted octanol–water partition coefficient (Wildman–Crippen LogP) is 19.0. The minimum absolute atomic E-state index is 0.910. The van der Waals surface area contributed by atoms with Gasteiger partial charge in [0, 0.05) is 53.6 Å². The van der Waals surface area contributed by atoms with Crippen LogP contribution in [0.5, 0.6) is 0 Å².